The number of rotatable bonds is 7. The van der Waals surface area contributed by atoms with Gasteiger partial charge in [0.1, 0.15) is 18.2 Å². The van der Waals surface area contributed by atoms with Gasteiger partial charge in [-0.1, -0.05) is 54.6 Å². The van der Waals surface area contributed by atoms with Gasteiger partial charge >= 0.3 is 0 Å². The highest BCUT2D eigenvalue weighted by molar-refractivity contribution is 5.95. The molecule has 0 spiro atoms. The van der Waals surface area contributed by atoms with Crippen LogP contribution in [0, 0.1) is 0 Å². The minimum atomic E-state index is 0.554. The molecule has 4 nitrogen and oxygen atoms in total. The monoisotopic (exact) mass is 417 g/mol. The molecule has 0 saturated carbocycles. The molecule has 0 aliphatic carbocycles. The summed E-state index contributed by atoms with van der Waals surface area (Å²) in [6.45, 7) is 0.554. The highest BCUT2D eigenvalue weighted by Gasteiger charge is 2.09. The van der Waals surface area contributed by atoms with E-state index in [-0.39, 0.29) is 0 Å². The van der Waals surface area contributed by atoms with Crippen LogP contribution in [0.25, 0.3) is 10.8 Å². The topological polar surface area (TPSA) is 47.0 Å². The lowest BCUT2D eigenvalue weighted by atomic mass is 10.0. The van der Waals surface area contributed by atoms with Crippen molar-refractivity contribution >= 4 is 22.3 Å². The van der Waals surface area contributed by atoms with Gasteiger partial charge in [-0.3, -0.25) is 4.98 Å². The summed E-state index contributed by atoms with van der Waals surface area (Å²) in [5, 5.41) is 5.76. The molecule has 0 radical (unpaired) electrons. The van der Waals surface area contributed by atoms with Crippen molar-refractivity contribution in [2.45, 2.75) is 13.0 Å². The first-order valence-electron chi connectivity index (χ1n) is 10.6. The Morgan fingerprint density at radius 1 is 0.688 bits per heavy atom. The van der Waals surface area contributed by atoms with Crippen LogP contribution in [0.3, 0.4) is 0 Å². The van der Waals surface area contributed by atoms with Gasteiger partial charge in [-0.05, 0) is 64.9 Å². The van der Waals surface area contributed by atoms with Crippen molar-refractivity contribution in [2.24, 2.45) is 0 Å². The molecule has 0 unspecified atom stereocenters. The lowest BCUT2D eigenvalue weighted by molar-refractivity contribution is 0.306. The van der Waals surface area contributed by atoms with Crippen LogP contribution in [0.4, 0.5) is 11.5 Å². The molecule has 2 aromatic heterocycles. The molecule has 0 amide bonds. The number of fused-ring (bicyclic) bond motifs is 1. The molecule has 0 atom stereocenters. The standard InChI is InChI=1S/C28H23N3O/c1-2-6-22(7-3-1)20-32-25-12-10-24(11-13-25)31-28-27-9-5-4-8-26(27)23(19-30-28)18-21-14-16-29-17-15-21/h1-17,19H,18,20H2,(H,30,31). The number of anilines is 2. The van der Waals surface area contributed by atoms with Gasteiger partial charge < -0.3 is 10.1 Å². The predicted octanol–water partition coefficient (Wildman–Crippen LogP) is 6.54. The van der Waals surface area contributed by atoms with Gasteiger partial charge in [0.2, 0.25) is 0 Å². The van der Waals surface area contributed by atoms with E-state index < -0.39 is 0 Å². The van der Waals surface area contributed by atoms with Gasteiger partial charge in [-0.25, -0.2) is 4.98 Å². The van der Waals surface area contributed by atoms with Crippen LogP contribution in [-0.2, 0) is 13.0 Å². The molecule has 3 aromatic carbocycles. The summed E-state index contributed by atoms with van der Waals surface area (Å²) in [7, 11) is 0. The third kappa shape index (κ3) is 4.60. The van der Waals surface area contributed by atoms with Gasteiger partial charge in [0, 0.05) is 29.7 Å². The van der Waals surface area contributed by atoms with E-state index in [1.165, 1.54) is 16.5 Å². The number of pyridine rings is 2. The lowest BCUT2D eigenvalue weighted by Crippen LogP contribution is -1.99. The molecule has 0 fully saturated rings. The zero-order chi connectivity index (χ0) is 21.6. The van der Waals surface area contributed by atoms with Crippen molar-refractivity contribution < 1.29 is 4.74 Å². The highest BCUT2D eigenvalue weighted by atomic mass is 16.5. The van der Waals surface area contributed by atoms with Crippen LogP contribution in [0.2, 0.25) is 0 Å². The number of nitrogens with zero attached hydrogens (tertiary/aromatic N) is 2. The second-order valence-electron chi connectivity index (χ2n) is 7.63. The van der Waals surface area contributed by atoms with E-state index in [9.17, 15) is 0 Å². The second-order valence-corrected chi connectivity index (χ2v) is 7.63. The maximum atomic E-state index is 5.89. The molecule has 0 aliphatic rings. The summed E-state index contributed by atoms with van der Waals surface area (Å²) in [5.74, 6) is 1.68. The molecule has 2 heterocycles. The smallest absolute Gasteiger partial charge is 0.138 e. The largest absolute Gasteiger partial charge is 0.489 e. The quantitative estimate of drug-likeness (QED) is 0.326. The van der Waals surface area contributed by atoms with Crippen LogP contribution >= 0.6 is 0 Å². The second kappa shape index (κ2) is 9.31. The fourth-order valence-electron chi connectivity index (χ4n) is 3.72. The fraction of sp³-hybridized carbons (Fsp3) is 0.0714. The minimum Gasteiger partial charge on any atom is -0.489 e. The van der Waals surface area contributed by atoms with Gasteiger partial charge in [0.15, 0.2) is 0 Å². The third-order valence-electron chi connectivity index (χ3n) is 5.39. The SMILES string of the molecule is c1ccc(COc2ccc(Nc3ncc(Cc4ccncc4)c4ccccc34)cc2)cc1. The van der Waals surface area contributed by atoms with E-state index in [1.54, 1.807) is 0 Å². The van der Waals surface area contributed by atoms with Crippen molar-refractivity contribution in [3.63, 3.8) is 0 Å². The number of hydrogen-bond donors (Lipinski definition) is 1. The average molecular weight is 418 g/mol. The molecular formula is C28H23N3O. The summed E-state index contributed by atoms with van der Waals surface area (Å²) in [6.07, 6.45) is 6.44. The zero-order valence-corrected chi connectivity index (χ0v) is 17.6. The molecular weight excluding hydrogens is 394 g/mol. The van der Waals surface area contributed by atoms with Crippen LogP contribution in [0.1, 0.15) is 16.7 Å². The van der Waals surface area contributed by atoms with E-state index in [0.717, 1.165) is 34.6 Å². The number of benzene rings is 3. The van der Waals surface area contributed by atoms with Crippen molar-refractivity contribution in [1.82, 2.24) is 9.97 Å². The van der Waals surface area contributed by atoms with Gasteiger partial charge in [0.25, 0.3) is 0 Å². The molecule has 156 valence electrons. The first kappa shape index (κ1) is 19.8. The minimum absolute atomic E-state index is 0.554. The van der Waals surface area contributed by atoms with E-state index in [2.05, 4.69) is 40.6 Å². The Morgan fingerprint density at radius 2 is 1.41 bits per heavy atom. The fourth-order valence-corrected chi connectivity index (χ4v) is 3.72. The van der Waals surface area contributed by atoms with Gasteiger partial charge in [-0.2, -0.15) is 0 Å². The molecule has 1 N–H and O–H groups in total. The molecule has 0 saturated heterocycles. The van der Waals surface area contributed by atoms with E-state index in [4.69, 9.17) is 9.72 Å². The number of nitrogens with one attached hydrogen (secondary N) is 1. The van der Waals surface area contributed by atoms with Crippen LogP contribution in [-0.4, -0.2) is 9.97 Å². The first-order valence-corrected chi connectivity index (χ1v) is 10.6. The van der Waals surface area contributed by atoms with E-state index in [1.807, 2.05) is 79.3 Å². The normalized spacial score (nSPS) is 10.8. The maximum Gasteiger partial charge on any atom is 0.138 e. The summed E-state index contributed by atoms with van der Waals surface area (Å²) in [4.78, 5) is 8.85. The Morgan fingerprint density at radius 3 is 2.19 bits per heavy atom. The summed E-state index contributed by atoms with van der Waals surface area (Å²) >= 11 is 0. The van der Waals surface area contributed by atoms with Crippen molar-refractivity contribution in [3.05, 3.63) is 126 Å². The van der Waals surface area contributed by atoms with Crippen LogP contribution in [0.5, 0.6) is 5.75 Å². The van der Waals surface area contributed by atoms with Crippen molar-refractivity contribution in [2.75, 3.05) is 5.32 Å². The predicted molar refractivity (Wildman–Crippen MR) is 129 cm³/mol. The highest BCUT2D eigenvalue weighted by Crippen LogP contribution is 2.29. The summed E-state index contributed by atoms with van der Waals surface area (Å²) in [6, 6.07) is 30.6. The Hall–Kier alpha value is -4.18. The zero-order valence-electron chi connectivity index (χ0n) is 17.6. The van der Waals surface area contributed by atoms with Crippen LogP contribution < -0.4 is 10.1 Å². The number of aromatic nitrogens is 2. The first-order chi connectivity index (χ1) is 15.8. The Labute approximate surface area is 187 Å². The van der Waals surface area contributed by atoms with Gasteiger partial charge in [-0.15, -0.1) is 0 Å². The molecule has 0 aliphatic heterocycles. The van der Waals surface area contributed by atoms with Crippen LogP contribution in [0.15, 0.2) is 110 Å². The average Bonchev–Trinajstić information content (AvgIpc) is 2.86. The van der Waals surface area contributed by atoms with E-state index >= 15 is 0 Å². The number of hydrogen-bond acceptors (Lipinski definition) is 4. The summed E-state index contributed by atoms with van der Waals surface area (Å²) < 4.78 is 5.89. The third-order valence-corrected chi connectivity index (χ3v) is 5.39. The number of ether oxygens (including phenoxy) is 1. The van der Waals surface area contributed by atoms with Crippen molar-refractivity contribution in [1.29, 1.82) is 0 Å². The molecule has 0 bridgehead atoms. The Balaban J connectivity index is 1.33. The van der Waals surface area contributed by atoms with E-state index in [0.29, 0.717) is 6.61 Å². The Kier molecular flexibility index (Phi) is 5.75. The van der Waals surface area contributed by atoms with Crippen molar-refractivity contribution in [3.8, 4) is 5.75 Å². The lowest BCUT2D eigenvalue weighted by Gasteiger charge is -2.13. The molecule has 5 aromatic rings. The summed E-state index contributed by atoms with van der Waals surface area (Å²) in [5.41, 5.74) is 4.54. The van der Waals surface area contributed by atoms with Gasteiger partial charge in [0.05, 0.1) is 0 Å². The Bertz CT molecular complexity index is 1300. The molecule has 5 rings (SSSR count). The molecule has 32 heavy (non-hydrogen) atoms. The molecule has 4 heteroatoms. The maximum absolute atomic E-state index is 5.89.